The van der Waals surface area contributed by atoms with Crippen molar-refractivity contribution in [2.24, 2.45) is 5.92 Å². The van der Waals surface area contributed by atoms with Crippen molar-refractivity contribution >= 4 is 17.5 Å². The average Bonchev–Trinajstić information content (AvgIpc) is 2.84. The normalized spacial score (nSPS) is 17.4. The molecule has 0 bridgehead atoms. The van der Waals surface area contributed by atoms with E-state index in [1.165, 1.54) is 0 Å². The van der Waals surface area contributed by atoms with Crippen LogP contribution in [0.5, 0.6) is 5.75 Å². The SMILES string of the molecule is CCCCCOc1ccc(CC(=O)C2C(=O)COC2=O)cc1. The largest absolute Gasteiger partial charge is 0.494 e. The molecule has 0 saturated carbocycles. The smallest absolute Gasteiger partial charge is 0.324 e. The van der Waals surface area contributed by atoms with Crippen LogP contribution < -0.4 is 4.74 Å². The van der Waals surface area contributed by atoms with Gasteiger partial charge in [0.1, 0.15) is 5.75 Å². The summed E-state index contributed by atoms with van der Waals surface area (Å²) in [5.74, 6) is -2.09. The number of cyclic esters (lactones) is 1. The van der Waals surface area contributed by atoms with Crippen molar-refractivity contribution < 1.29 is 23.9 Å². The van der Waals surface area contributed by atoms with Crippen molar-refractivity contribution in [3.63, 3.8) is 0 Å². The van der Waals surface area contributed by atoms with Gasteiger partial charge in [-0.2, -0.15) is 0 Å². The fourth-order valence-electron chi connectivity index (χ4n) is 2.30. The molecular formula is C17H20O5. The zero-order chi connectivity index (χ0) is 15.9. The van der Waals surface area contributed by atoms with E-state index in [1.54, 1.807) is 24.3 Å². The van der Waals surface area contributed by atoms with Gasteiger partial charge in [0.05, 0.1) is 6.61 Å². The number of ketones is 2. The number of hydrogen-bond acceptors (Lipinski definition) is 5. The summed E-state index contributed by atoms with van der Waals surface area (Å²) in [6, 6.07) is 7.14. The van der Waals surface area contributed by atoms with Gasteiger partial charge in [0.15, 0.2) is 24.1 Å². The number of Topliss-reactive ketones (excluding diaryl/α,β-unsaturated/α-hetero) is 2. The van der Waals surface area contributed by atoms with Crippen molar-refractivity contribution in [1.82, 2.24) is 0 Å². The molecule has 1 aromatic carbocycles. The van der Waals surface area contributed by atoms with Gasteiger partial charge in [0.25, 0.3) is 0 Å². The van der Waals surface area contributed by atoms with E-state index in [9.17, 15) is 14.4 Å². The van der Waals surface area contributed by atoms with Gasteiger partial charge in [0, 0.05) is 6.42 Å². The molecule has 5 heteroatoms. The highest BCUT2D eigenvalue weighted by atomic mass is 16.5. The van der Waals surface area contributed by atoms with Crippen LogP contribution >= 0.6 is 0 Å². The van der Waals surface area contributed by atoms with Crippen LogP contribution in [0.2, 0.25) is 0 Å². The Morgan fingerprint density at radius 3 is 2.55 bits per heavy atom. The Morgan fingerprint density at radius 1 is 1.23 bits per heavy atom. The first-order valence-electron chi connectivity index (χ1n) is 7.55. The lowest BCUT2D eigenvalue weighted by molar-refractivity contribution is -0.144. The quantitative estimate of drug-likeness (QED) is 0.418. The summed E-state index contributed by atoms with van der Waals surface area (Å²) in [4.78, 5) is 34.8. The first-order valence-corrected chi connectivity index (χ1v) is 7.55. The van der Waals surface area contributed by atoms with Gasteiger partial charge in [-0.1, -0.05) is 31.9 Å². The van der Waals surface area contributed by atoms with Gasteiger partial charge in [-0.05, 0) is 24.1 Å². The molecule has 0 aromatic heterocycles. The highest BCUT2D eigenvalue weighted by Crippen LogP contribution is 2.17. The minimum absolute atomic E-state index is 0.0433. The van der Waals surface area contributed by atoms with Gasteiger partial charge in [-0.3, -0.25) is 14.4 Å². The molecule has 1 fully saturated rings. The maximum atomic E-state index is 12.0. The van der Waals surface area contributed by atoms with E-state index in [4.69, 9.17) is 4.74 Å². The molecule has 1 aromatic rings. The lowest BCUT2D eigenvalue weighted by Gasteiger charge is -2.07. The maximum absolute atomic E-state index is 12.0. The molecule has 0 N–H and O–H groups in total. The van der Waals surface area contributed by atoms with E-state index < -0.39 is 23.5 Å². The van der Waals surface area contributed by atoms with E-state index in [-0.39, 0.29) is 13.0 Å². The monoisotopic (exact) mass is 304 g/mol. The second-order valence-electron chi connectivity index (χ2n) is 5.35. The number of unbranched alkanes of at least 4 members (excludes halogenated alkanes) is 2. The van der Waals surface area contributed by atoms with Crippen molar-refractivity contribution in [2.75, 3.05) is 13.2 Å². The third-order valence-corrected chi connectivity index (χ3v) is 3.55. The number of rotatable bonds is 8. The van der Waals surface area contributed by atoms with E-state index in [0.717, 1.165) is 30.6 Å². The van der Waals surface area contributed by atoms with Crippen molar-refractivity contribution in [3.8, 4) is 5.75 Å². The molecule has 1 atom stereocenters. The number of hydrogen-bond donors (Lipinski definition) is 0. The maximum Gasteiger partial charge on any atom is 0.324 e. The van der Waals surface area contributed by atoms with Crippen LogP contribution in [-0.2, 0) is 25.5 Å². The number of ether oxygens (including phenoxy) is 2. The van der Waals surface area contributed by atoms with Crippen LogP contribution in [0.15, 0.2) is 24.3 Å². The number of benzene rings is 1. The summed E-state index contributed by atoms with van der Waals surface area (Å²) in [5.41, 5.74) is 0.749. The standard InChI is InChI=1S/C17H20O5/c1-2-3-4-9-21-13-7-5-12(6-8-13)10-14(18)16-15(19)11-22-17(16)20/h5-8,16H,2-4,9-11H2,1H3. The molecule has 1 heterocycles. The van der Waals surface area contributed by atoms with Crippen LogP contribution in [0.4, 0.5) is 0 Å². The minimum atomic E-state index is -1.25. The Labute approximate surface area is 129 Å². The Bertz CT molecular complexity index is 531. The zero-order valence-electron chi connectivity index (χ0n) is 12.7. The van der Waals surface area contributed by atoms with Crippen LogP contribution in [-0.4, -0.2) is 30.7 Å². The molecule has 5 nitrogen and oxygen atoms in total. The highest BCUT2D eigenvalue weighted by molar-refractivity contribution is 6.20. The Morgan fingerprint density at radius 2 is 1.95 bits per heavy atom. The summed E-state index contributed by atoms with van der Waals surface area (Å²) < 4.78 is 10.2. The molecule has 0 aliphatic carbocycles. The summed E-state index contributed by atoms with van der Waals surface area (Å²) in [7, 11) is 0. The molecule has 1 unspecified atom stereocenters. The predicted molar refractivity (Wildman–Crippen MR) is 79.6 cm³/mol. The van der Waals surface area contributed by atoms with E-state index in [2.05, 4.69) is 11.7 Å². The second-order valence-corrected chi connectivity index (χ2v) is 5.35. The first-order chi connectivity index (χ1) is 10.6. The van der Waals surface area contributed by atoms with E-state index in [1.807, 2.05) is 0 Å². The molecule has 0 amide bonds. The number of carbonyl (C=O) groups excluding carboxylic acids is 3. The Hall–Kier alpha value is -2.17. The molecular weight excluding hydrogens is 284 g/mol. The molecule has 118 valence electrons. The second kappa shape index (κ2) is 7.73. The van der Waals surface area contributed by atoms with Crippen LogP contribution in [0.3, 0.4) is 0 Å². The van der Waals surface area contributed by atoms with E-state index >= 15 is 0 Å². The molecule has 22 heavy (non-hydrogen) atoms. The van der Waals surface area contributed by atoms with Gasteiger partial charge in [-0.15, -0.1) is 0 Å². The number of esters is 1. The Balaban J connectivity index is 1.87. The summed E-state index contributed by atoms with van der Waals surface area (Å²) in [5, 5.41) is 0. The van der Waals surface area contributed by atoms with Gasteiger partial charge < -0.3 is 9.47 Å². The molecule has 1 aliphatic rings. The Kier molecular flexibility index (Phi) is 5.69. The predicted octanol–water partition coefficient (Wildman–Crippen LogP) is 2.11. The third-order valence-electron chi connectivity index (χ3n) is 3.55. The van der Waals surface area contributed by atoms with E-state index in [0.29, 0.717) is 6.61 Å². The topological polar surface area (TPSA) is 69.7 Å². The van der Waals surface area contributed by atoms with Crippen molar-refractivity contribution in [1.29, 1.82) is 0 Å². The molecule has 1 aliphatic heterocycles. The summed E-state index contributed by atoms with van der Waals surface area (Å²) >= 11 is 0. The van der Waals surface area contributed by atoms with Crippen LogP contribution in [0, 0.1) is 5.92 Å². The fourth-order valence-corrected chi connectivity index (χ4v) is 2.30. The van der Waals surface area contributed by atoms with Crippen LogP contribution in [0.1, 0.15) is 31.7 Å². The van der Waals surface area contributed by atoms with Crippen molar-refractivity contribution in [2.45, 2.75) is 32.6 Å². The van der Waals surface area contributed by atoms with Crippen LogP contribution in [0.25, 0.3) is 0 Å². The average molecular weight is 304 g/mol. The first kappa shape index (κ1) is 16.2. The number of carbonyl (C=O) groups is 3. The highest BCUT2D eigenvalue weighted by Gasteiger charge is 2.40. The lowest BCUT2D eigenvalue weighted by atomic mass is 9.96. The third kappa shape index (κ3) is 4.16. The summed E-state index contributed by atoms with van der Waals surface area (Å²) in [6.45, 7) is 2.52. The fraction of sp³-hybridized carbons (Fsp3) is 0.471. The molecule has 1 saturated heterocycles. The molecule has 0 radical (unpaired) electrons. The summed E-state index contributed by atoms with van der Waals surface area (Å²) in [6.07, 6.45) is 3.34. The lowest BCUT2D eigenvalue weighted by Crippen LogP contribution is -2.27. The van der Waals surface area contributed by atoms with Gasteiger partial charge >= 0.3 is 5.97 Å². The van der Waals surface area contributed by atoms with Gasteiger partial charge in [-0.25, -0.2) is 0 Å². The minimum Gasteiger partial charge on any atom is -0.494 e. The van der Waals surface area contributed by atoms with Crippen molar-refractivity contribution in [3.05, 3.63) is 29.8 Å². The molecule has 2 rings (SSSR count). The molecule has 0 spiro atoms. The van der Waals surface area contributed by atoms with Gasteiger partial charge in [0.2, 0.25) is 0 Å². The zero-order valence-corrected chi connectivity index (χ0v) is 12.7.